The number of anilines is 6. The number of hydrogen-bond acceptors (Lipinski definition) is 4. The first-order valence-electron chi connectivity index (χ1n) is 22.0. The highest BCUT2D eigenvalue weighted by Crippen LogP contribution is 2.46. The van der Waals surface area contributed by atoms with Gasteiger partial charge in [0.15, 0.2) is 0 Å². The molecule has 0 unspecified atom stereocenters. The second-order valence-corrected chi connectivity index (χ2v) is 17.8. The van der Waals surface area contributed by atoms with Gasteiger partial charge in [0.2, 0.25) is 0 Å². The SMILES string of the molecule is Cc1cccc(N(c2ccc3cc4c(cc3c2)oc2c(C)c3c(cc24)oc2cc4cc(N(c5cccc(C)c5C)c5cccc(C)c5C)ccc4cc23)c2cccc(C)c2C)c1C. The van der Waals surface area contributed by atoms with Crippen molar-refractivity contribution in [3.63, 3.8) is 0 Å². The van der Waals surface area contributed by atoms with Gasteiger partial charge in [-0.2, -0.15) is 0 Å². The van der Waals surface area contributed by atoms with Crippen LogP contribution in [0.4, 0.5) is 34.1 Å². The van der Waals surface area contributed by atoms with Crippen LogP contribution < -0.4 is 9.80 Å². The van der Waals surface area contributed by atoms with E-state index in [1.807, 2.05) is 0 Å². The van der Waals surface area contributed by atoms with Crippen LogP contribution in [0.1, 0.15) is 50.1 Å². The van der Waals surface area contributed by atoms with E-state index in [0.717, 1.165) is 82.4 Å². The van der Waals surface area contributed by atoms with E-state index in [4.69, 9.17) is 8.83 Å². The van der Waals surface area contributed by atoms with Gasteiger partial charge in [0.1, 0.15) is 22.3 Å². The summed E-state index contributed by atoms with van der Waals surface area (Å²) in [4.78, 5) is 4.82. The molecule has 4 heteroatoms. The van der Waals surface area contributed by atoms with E-state index in [2.05, 4.69) is 212 Å². The smallest absolute Gasteiger partial charge is 0.139 e. The molecule has 2 heterocycles. The highest BCUT2D eigenvalue weighted by atomic mass is 16.3. The van der Waals surface area contributed by atoms with Crippen LogP contribution in [0, 0.1) is 62.3 Å². The van der Waals surface area contributed by atoms with Gasteiger partial charge in [-0.15, -0.1) is 0 Å². The highest BCUT2D eigenvalue weighted by Gasteiger charge is 2.23. The highest BCUT2D eigenvalue weighted by molar-refractivity contribution is 6.20. The van der Waals surface area contributed by atoms with E-state index in [-0.39, 0.29) is 0 Å². The van der Waals surface area contributed by atoms with Crippen molar-refractivity contribution in [2.24, 2.45) is 0 Å². The minimum Gasteiger partial charge on any atom is -0.456 e. The lowest BCUT2D eigenvalue weighted by Gasteiger charge is -2.30. The summed E-state index contributed by atoms with van der Waals surface area (Å²) in [7, 11) is 0. The monoisotopic (exact) mass is 818 g/mol. The number of rotatable bonds is 6. The molecule has 0 aliphatic carbocycles. The molecule has 0 atom stereocenters. The fourth-order valence-electron chi connectivity index (χ4n) is 9.85. The van der Waals surface area contributed by atoms with E-state index in [0.29, 0.717) is 0 Å². The van der Waals surface area contributed by atoms with Gasteiger partial charge >= 0.3 is 0 Å². The van der Waals surface area contributed by atoms with E-state index >= 15 is 0 Å². The van der Waals surface area contributed by atoms with Crippen molar-refractivity contribution in [2.45, 2.75) is 62.3 Å². The molecule has 308 valence electrons. The lowest BCUT2D eigenvalue weighted by Crippen LogP contribution is -2.13. The maximum absolute atomic E-state index is 6.85. The zero-order valence-corrected chi connectivity index (χ0v) is 37.5. The van der Waals surface area contributed by atoms with Gasteiger partial charge in [-0.1, -0.05) is 60.7 Å². The van der Waals surface area contributed by atoms with Crippen molar-refractivity contribution in [3.8, 4) is 0 Å². The van der Waals surface area contributed by atoms with Crippen LogP contribution >= 0.6 is 0 Å². The topological polar surface area (TPSA) is 32.8 Å². The summed E-state index contributed by atoms with van der Waals surface area (Å²) in [5.41, 5.74) is 21.7. The molecule has 0 aliphatic rings. The van der Waals surface area contributed by atoms with Gasteiger partial charge in [0.05, 0.1) is 0 Å². The third-order valence-electron chi connectivity index (χ3n) is 14.1. The van der Waals surface area contributed by atoms with Crippen molar-refractivity contribution in [1.82, 2.24) is 0 Å². The summed E-state index contributed by atoms with van der Waals surface area (Å²) < 4.78 is 13.6. The van der Waals surface area contributed by atoms with Crippen LogP contribution in [0.15, 0.2) is 148 Å². The Kier molecular flexibility index (Phi) is 8.82. The zero-order chi connectivity index (χ0) is 43.4. The molecule has 2 aromatic heterocycles. The zero-order valence-electron chi connectivity index (χ0n) is 37.5. The fraction of sp³-hybridized carbons (Fsp3) is 0.153. The molecule has 4 nitrogen and oxygen atoms in total. The van der Waals surface area contributed by atoms with Crippen LogP contribution in [0.25, 0.3) is 65.4 Å². The third-order valence-corrected chi connectivity index (χ3v) is 14.1. The Morgan fingerprint density at radius 2 is 0.730 bits per heavy atom. The Morgan fingerprint density at radius 1 is 0.317 bits per heavy atom. The minimum atomic E-state index is 0.869. The molecule has 0 saturated carbocycles. The summed E-state index contributed by atoms with van der Waals surface area (Å²) in [6.07, 6.45) is 0. The maximum atomic E-state index is 6.85. The first kappa shape index (κ1) is 38.6. The normalized spacial score (nSPS) is 11.9. The standard InChI is InChI=1S/C59H50N2O2/c1-33-14-10-18-51(37(33)5)60(52-19-11-15-34(2)38(52)6)46-24-22-42-28-48-49-32-57-58(41(9)59(49)63-55(48)30-44(42)26-46)50-29-43-23-25-47(27-45(43)31-56(50)62-57)61(53-20-12-16-35(3)39(53)7)54-21-13-17-36(4)40(54)8/h10-32H,1-9H3. The lowest BCUT2D eigenvalue weighted by atomic mass is 9.99. The predicted molar refractivity (Wildman–Crippen MR) is 268 cm³/mol. The van der Waals surface area contributed by atoms with E-state index in [1.54, 1.807) is 0 Å². The van der Waals surface area contributed by atoms with Gasteiger partial charge < -0.3 is 18.6 Å². The molecule has 0 N–H and O–H groups in total. The first-order chi connectivity index (χ1) is 30.4. The molecule has 11 aromatic rings. The molecule has 0 radical (unpaired) electrons. The Labute approximate surface area is 368 Å². The van der Waals surface area contributed by atoms with E-state index in [9.17, 15) is 0 Å². The van der Waals surface area contributed by atoms with Crippen LogP contribution in [0.3, 0.4) is 0 Å². The van der Waals surface area contributed by atoms with Gasteiger partial charge in [0, 0.05) is 61.2 Å². The van der Waals surface area contributed by atoms with Crippen LogP contribution in [-0.2, 0) is 0 Å². The number of aryl methyl sites for hydroxylation is 5. The van der Waals surface area contributed by atoms with Gasteiger partial charge in [-0.25, -0.2) is 0 Å². The average Bonchev–Trinajstić information content (AvgIpc) is 3.82. The molecule has 0 fully saturated rings. The van der Waals surface area contributed by atoms with Crippen LogP contribution in [0.5, 0.6) is 0 Å². The fourth-order valence-corrected chi connectivity index (χ4v) is 9.85. The molecule has 0 aliphatic heterocycles. The Balaban J connectivity index is 1.04. The summed E-state index contributed by atoms with van der Waals surface area (Å²) in [6, 6.07) is 51.1. The summed E-state index contributed by atoms with van der Waals surface area (Å²) in [6.45, 7) is 19.8. The molecule has 0 amide bonds. The number of benzene rings is 9. The van der Waals surface area contributed by atoms with E-state index < -0.39 is 0 Å². The lowest BCUT2D eigenvalue weighted by molar-refractivity contribution is 0.662. The minimum absolute atomic E-state index is 0.869. The molecule has 0 spiro atoms. The van der Waals surface area contributed by atoms with E-state index in [1.165, 1.54) is 67.3 Å². The second kappa shape index (κ2) is 14.4. The van der Waals surface area contributed by atoms with Crippen molar-refractivity contribution >= 4 is 99.5 Å². The summed E-state index contributed by atoms with van der Waals surface area (Å²) in [5, 5.41) is 8.94. The van der Waals surface area contributed by atoms with Crippen LogP contribution in [-0.4, -0.2) is 0 Å². The van der Waals surface area contributed by atoms with Crippen molar-refractivity contribution in [2.75, 3.05) is 9.80 Å². The third kappa shape index (κ3) is 6.03. The molecule has 63 heavy (non-hydrogen) atoms. The Morgan fingerprint density at radius 3 is 1.17 bits per heavy atom. The van der Waals surface area contributed by atoms with Crippen molar-refractivity contribution < 1.29 is 8.83 Å². The first-order valence-corrected chi connectivity index (χ1v) is 22.0. The maximum Gasteiger partial charge on any atom is 0.139 e. The Hall–Kier alpha value is -7.30. The molecular weight excluding hydrogens is 769 g/mol. The van der Waals surface area contributed by atoms with Crippen LogP contribution in [0.2, 0.25) is 0 Å². The molecule has 0 bridgehead atoms. The van der Waals surface area contributed by atoms with Gasteiger partial charge in [0.25, 0.3) is 0 Å². The predicted octanol–water partition coefficient (Wildman–Crippen LogP) is 17.5. The largest absolute Gasteiger partial charge is 0.456 e. The molecule has 11 rings (SSSR count). The molecule has 9 aromatic carbocycles. The quantitative estimate of drug-likeness (QED) is 0.167. The number of furan rings is 2. The van der Waals surface area contributed by atoms with Crippen molar-refractivity contribution in [1.29, 1.82) is 0 Å². The number of nitrogens with zero attached hydrogens (tertiary/aromatic N) is 2. The average molecular weight is 819 g/mol. The Bertz CT molecular complexity index is 3470. The van der Waals surface area contributed by atoms with Gasteiger partial charge in [-0.05, 0) is 207 Å². The molecule has 0 saturated heterocycles. The van der Waals surface area contributed by atoms with Gasteiger partial charge in [-0.3, -0.25) is 0 Å². The summed E-state index contributed by atoms with van der Waals surface area (Å²) in [5.74, 6) is 0. The number of fused-ring (bicyclic) bond motifs is 8. The molecular formula is C59H50N2O2. The second-order valence-electron chi connectivity index (χ2n) is 17.8. The van der Waals surface area contributed by atoms with Crippen molar-refractivity contribution in [3.05, 3.63) is 190 Å². The number of hydrogen-bond donors (Lipinski definition) is 0. The summed E-state index contributed by atoms with van der Waals surface area (Å²) >= 11 is 0.